The number of nitrogens with one attached hydrogen (secondary N) is 1. The normalized spacial score (nSPS) is 19.1. The second-order valence-electron chi connectivity index (χ2n) is 2.40. The van der Waals surface area contributed by atoms with E-state index in [9.17, 15) is 0 Å². The van der Waals surface area contributed by atoms with E-state index in [0.29, 0.717) is 0 Å². The zero-order chi connectivity index (χ0) is 7.40. The number of amidine groups is 1. The van der Waals surface area contributed by atoms with Crippen LogP contribution in [-0.4, -0.2) is 35.3 Å². The van der Waals surface area contributed by atoms with Crippen LogP contribution in [0, 0.1) is 5.41 Å². The van der Waals surface area contributed by atoms with Gasteiger partial charge in [-0.15, -0.1) is 0 Å². The molecule has 2 nitrogen and oxygen atoms in total. The van der Waals surface area contributed by atoms with E-state index in [-0.39, 0.29) is 0 Å². The molecule has 1 fully saturated rings. The Hall–Kier alpha value is -0.180. The maximum Gasteiger partial charge on any atom is 0.0955 e. The van der Waals surface area contributed by atoms with Crippen molar-refractivity contribution in [3.8, 4) is 0 Å². The van der Waals surface area contributed by atoms with Crippen LogP contribution in [0.4, 0.5) is 0 Å². The van der Waals surface area contributed by atoms with E-state index in [1.165, 1.54) is 11.5 Å². The van der Waals surface area contributed by atoms with Crippen LogP contribution < -0.4 is 0 Å². The molecule has 3 heteroatoms. The van der Waals surface area contributed by atoms with E-state index in [0.717, 1.165) is 25.3 Å². The lowest BCUT2D eigenvalue weighted by Gasteiger charge is -2.28. The summed E-state index contributed by atoms with van der Waals surface area (Å²) in [5.74, 6) is 3.20. The van der Waals surface area contributed by atoms with Crippen LogP contribution >= 0.6 is 11.8 Å². The van der Waals surface area contributed by atoms with Crippen LogP contribution in [0.1, 0.15) is 13.3 Å². The molecule has 1 saturated heterocycles. The monoisotopic (exact) mass is 158 g/mol. The first kappa shape index (κ1) is 7.92. The summed E-state index contributed by atoms with van der Waals surface area (Å²) in [4.78, 5) is 2.18. The quantitative estimate of drug-likeness (QED) is 0.461. The number of nitrogens with zero attached hydrogens (tertiary/aromatic N) is 1. The third-order valence-electron chi connectivity index (χ3n) is 1.73. The fraction of sp³-hybridized carbons (Fsp3) is 0.857. The number of hydrogen-bond donors (Lipinski definition) is 1. The topological polar surface area (TPSA) is 27.1 Å². The fourth-order valence-corrected chi connectivity index (χ4v) is 1.96. The van der Waals surface area contributed by atoms with Gasteiger partial charge in [0.25, 0.3) is 0 Å². The van der Waals surface area contributed by atoms with Crippen LogP contribution in [0.2, 0.25) is 0 Å². The molecule has 1 heterocycles. The third kappa shape index (κ3) is 1.90. The van der Waals surface area contributed by atoms with Gasteiger partial charge < -0.3 is 4.90 Å². The molecule has 0 unspecified atom stereocenters. The summed E-state index contributed by atoms with van der Waals surface area (Å²) < 4.78 is 0. The molecule has 0 spiro atoms. The maximum absolute atomic E-state index is 7.55. The smallest absolute Gasteiger partial charge is 0.0955 e. The number of rotatable bonds is 1. The Labute approximate surface area is 66.5 Å². The zero-order valence-electron chi connectivity index (χ0n) is 6.39. The van der Waals surface area contributed by atoms with Crippen molar-refractivity contribution in [2.75, 3.05) is 24.6 Å². The van der Waals surface area contributed by atoms with E-state index in [1.54, 1.807) is 0 Å². The highest BCUT2D eigenvalue weighted by Crippen LogP contribution is 2.09. The molecular formula is C7H14N2S. The molecule has 10 heavy (non-hydrogen) atoms. The van der Waals surface area contributed by atoms with Crippen molar-refractivity contribution in [3.05, 3.63) is 0 Å². The van der Waals surface area contributed by atoms with Gasteiger partial charge in [0.15, 0.2) is 0 Å². The molecule has 58 valence electrons. The maximum atomic E-state index is 7.55. The molecule has 0 aromatic rings. The Morgan fingerprint density at radius 2 is 2.10 bits per heavy atom. The first-order valence-corrected chi connectivity index (χ1v) is 4.90. The molecule has 0 bridgehead atoms. The van der Waals surface area contributed by atoms with Crippen LogP contribution in [0.5, 0.6) is 0 Å². The van der Waals surface area contributed by atoms with E-state index < -0.39 is 0 Å². The second-order valence-corrected chi connectivity index (χ2v) is 3.62. The summed E-state index contributed by atoms with van der Waals surface area (Å²) in [5.41, 5.74) is 0. The number of thioether (sulfide) groups is 1. The molecule has 1 rings (SSSR count). The van der Waals surface area contributed by atoms with Gasteiger partial charge in [-0.1, -0.05) is 6.92 Å². The average molecular weight is 158 g/mol. The average Bonchev–Trinajstić information content (AvgIpc) is 2.05. The molecule has 0 atom stereocenters. The Morgan fingerprint density at radius 3 is 2.60 bits per heavy atom. The highest BCUT2D eigenvalue weighted by molar-refractivity contribution is 7.99. The summed E-state index contributed by atoms with van der Waals surface area (Å²) in [6.07, 6.45) is 0.880. The van der Waals surface area contributed by atoms with Crippen LogP contribution in [0.25, 0.3) is 0 Å². The van der Waals surface area contributed by atoms with Crippen LogP contribution in [0.3, 0.4) is 0 Å². The van der Waals surface area contributed by atoms with Crippen molar-refractivity contribution in [2.24, 2.45) is 0 Å². The molecule has 0 amide bonds. The fourth-order valence-electron chi connectivity index (χ4n) is 1.06. The van der Waals surface area contributed by atoms with Crippen molar-refractivity contribution < 1.29 is 0 Å². The van der Waals surface area contributed by atoms with E-state index in [4.69, 9.17) is 5.41 Å². The summed E-state index contributed by atoms with van der Waals surface area (Å²) in [7, 11) is 0. The minimum atomic E-state index is 0.806. The summed E-state index contributed by atoms with van der Waals surface area (Å²) >= 11 is 1.99. The molecule has 1 N–H and O–H groups in total. The van der Waals surface area contributed by atoms with E-state index >= 15 is 0 Å². The third-order valence-corrected chi connectivity index (χ3v) is 2.67. The van der Waals surface area contributed by atoms with Crippen molar-refractivity contribution in [3.63, 3.8) is 0 Å². The zero-order valence-corrected chi connectivity index (χ0v) is 7.21. The lowest BCUT2D eigenvalue weighted by Crippen LogP contribution is -2.36. The van der Waals surface area contributed by atoms with Gasteiger partial charge in [0.2, 0.25) is 0 Å². The van der Waals surface area contributed by atoms with Crippen molar-refractivity contribution in [2.45, 2.75) is 13.3 Å². The summed E-state index contributed by atoms with van der Waals surface area (Å²) in [6.45, 7) is 4.21. The summed E-state index contributed by atoms with van der Waals surface area (Å²) in [6, 6.07) is 0. The molecule has 1 aliphatic heterocycles. The molecule has 0 aromatic carbocycles. The predicted molar refractivity (Wildman–Crippen MR) is 46.9 cm³/mol. The molecule has 0 radical (unpaired) electrons. The van der Waals surface area contributed by atoms with Crippen molar-refractivity contribution >= 4 is 17.6 Å². The molecule has 0 aliphatic carbocycles. The molecule has 1 aliphatic rings. The van der Waals surface area contributed by atoms with Gasteiger partial charge in [0, 0.05) is 31.0 Å². The van der Waals surface area contributed by atoms with Crippen molar-refractivity contribution in [1.29, 1.82) is 5.41 Å². The Balaban J connectivity index is 2.31. The Kier molecular flexibility index (Phi) is 3.06. The highest BCUT2D eigenvalue weighted by atomic mass is 32.2. The number of hydrogen-bond acceptors (Lipinski definition) is 2. The largest absolute Gasteiger partial charge is 0.359 e. The van der Waals surface area contributed by atoms with Gasteiger partial charge in [0.1, 0.15) is 0 Å². The molecule has 0 saturated carbocycles. The lowest BCUT2D eigenvalue weighted by atomic mass is 10.3. The van der Waals surface area contributed by atoms with Gasteiger partial charge in [-0.2, -0.15) is 11.8 Å². The minimum absolute atomic E-state index is 0.806. The minimum Gasteiger partial charge on any atom is -0.359 e. The van der Waals surface area contributed by atoms with E-state index in [2.05, 4.69) is 4.90 Å². The second kappa shape index (κ2) is 3.86. The van der Waals surface area contributed by atoms with Crippen LogP contribution in [0.15, 0.2) is 0 Å². The van der Waals surface area contributed by atoms with E-state index in [1.807, 2.05) is 18.7 Å². The van der Waals surface area contributed by atoms with Gasteiger partial charge in [-0.05, 0) is 0 Å². The highest BCUT2D eigenvalue weighted by Gasteiger charge is 2.11. The standard InChI is InChI=1S/C7H14N2S/c1-2-7(8)9-3-5-10-6-4-9/h8H,2-6H2,1H3. The first-order chi connectivity index (χ1) is 4.84. The molecule has 0 aromatic heterocycles. The van der Waals surface area contributed by atoms with Gasteiger partial charge >= 0.3 is 0 Å². The first-order valence-electron chi connectivity index (χ1n) is 3.74. The van der Waals surface area contributed by atoms with Crippen LogP contribution in [-0.2, 0) is 0 Å². The van der Waals surface area contributed by atoms with Gasteiger partial charge in [-0.25, -0.2) is 0 Å². The Bertz CT molecular complexity index is 119. The predicted octanol–water partition coefficient (Wildman–Crippen LogP) is 1.42. The summed E-state index contributed by atoms with van der Waals surface area (Å²) in [5, 5.41) is 7.55. The van der Waals surface area contributed by atoms with Gasteiger partial charge in [-0.3, -0.25) is 5.41 Å². The molecular weight excluding hydrogens is 144 g/mol. The lowest BCUT2D eigenvalue weighted by molar-refractivity contribution is 0.451. The Morgan fingerprint density at radius 1 is 1.50 bits per heavy atom. The van der Waals surface area contributed by atoms with Gasteiger partial charge in [0.05, 0.1) is 5.84 Å². The van der Waals surface area contributed by atoms with Crippen molar-refractivity contribution in [1.82, 2.24) is 4.90 Å². The SMILES string of the molecule is CCC(=N)N1CCSCC1.